The average Bonchev–Trinajstić information content (AvgIpc) is 2.79. The number of nitrogens with two attached hydrogens (primary N) is 1. The van der Waals surface area contributed by atoms with Crippen LogP contribution in [0.3, 0.4) is 0 Å². The van der Waals surface area contributed by atoms with E-state index >= 15 is 0 Å². The van der Waals surface area contributed by atoms with Gasteiger partial charge in [-0.15, -0.1) is 11.3 Å². The van der Waals surface area contributed by atoms with Gasteiger partial charge < -0.3 is 10.6 Å². The lowest BCUT2D eigenvalue weighted by atomic mass is 10.2. The standard InChI is InChI=1S/C14H17ClN2S/c1-10(2)17(9-12-4-3-7-18-12)14-6-5-11(16)8-13(14)15/h3-8,10H,9,16H2,1-2H3. The number of benzene rings is 1. The number of nitrogens with zero attached hydrogens (tertiary/aromatic N) is 1. The second-order valence-corrected chi connectivity index (χ2v) is 5.95. The largest absolute Gasteiger partial charge is 0.399 e. The molecule has 0 aliphatic heterocycles. The summed E-state index contributed by atoms with van der Waals surface area (Å²) in [7, 11) is 0. The predicted molar refractivity (Wildman–Crippen MR) is 81.5 cm³/mol. The highest BCUT2D eigenvalue weighted by Crippen LogP contribution is 2.31. The fraction of sp³-hybridized carbons (Fsp3) is 0.286. The van der Waals surface area contributed by atoms with Crippen LogP contribution in [0.1, 0.15) is 18.7 Å². The van der Waals surface area contributed by atoms with Gasteiger partial charge in [0, 0.05) is 16.6 Å². The summed E-state index contributed by atoms with van der Waals surface area (Å²) in [4.78, 5) is 3.62. The molecule has 0 amide bonds. The molecule has 0 saturated carbocycles. The lowest BCUT2D eigenvalue weighted by molar-refractivity contribution is 0.687. The van der Waals surface area contributed by atoms with E-state index in [9.17, 15) is 0 Å². The van der Waals surface area contributed by atoms with Crippen LogP contribution in [-0.2, 0) is 6.54 Å². The maximum Gasteiger partial charge on any atom is 0.0660 e. The third-order valence-corrected chi connectivity index (χ3v) is 3.97. The molecule has 2 N–H and O–H groups in total. The van der Waals surface area contributed by atoms with E-state index in [4.69, 9.17) is 17.3 Å². The molecule has 0 aliphatic carbocycles. The lowest BCUT2D eigenvalue weighted by Crippen LogP contribution is -2.30. The van der Waals surface area contributed by atoms with Gasteiger partial charge in [0.05, 0.1) is 17.3 Å². The molecule has 0 bridgehead atoms. The molecule has 2 nitrogen and oxygen atoms in total. The summed E-state index contributed by atoms with van der Waals surface area (Å²) in [6.07, 6.45) is 0. The summed E-state index contributed by atoms with van der Waals surface area (Å²) in [5.74, 6) is 0. The van der Waals surface area contributed by atoms with Crippen LogP contribution < -0.4 is 10.6 Å². The molecule has 4 heteroatoms. The fourth-order valence-corrected chi connectivity index (χ4v) is 2.87. The first kappa shape index (κ1) is 13.2. The number of nitrogen functional groups attached to an aromatic ring is 1. The zero-order valence-electron chi connectivity index (χ0n) is 10.6. The molecule has 0 saturated heterocycles. The molecule has 96 valence electrons. The molecule has 0 atom stereocenters. The summed E-state index contributed by atoms with van der Waals surface area (Å²) in [5.41, 5.74) is 7.47. The van der Waals surface area contributed by atoms with Gasteiger partial charge >= 0.3 is 0 Å². The Balaban J connectivity index is 2.29. The molecule has 1 aromatic carbocycles. The van der Waals surface area contributed by atoms with E-state index in [0.29, 0.717) is 16.8 Å². The van der Waals surface area contributed by atoms with Crippen LogP contribution in [0, 0.1) is 0 Å². The molecule has 0 fully saturated rings. The number of halogens is 1. The minimum Gasteiger partial charge on any atom is -0.399 e. The quantitative estimate of drug-likeness (QED) is 0.841. The number of anilines is 2. The van der Waals surface area contributed by atoms with Crippen LogP contribution in [0.5, 0.6) is 0 Å². The van der Waals surface area contributed by atoms with Crippen molar-refractivity contribution < 1.29 is 0 Å². The van der Waals surface area contributed by atoms with Gasteiger partial charge in [0.25, 0.3) is 0 Å². The van der Waals surface area contributed by atoms with Crippen LogP contribution in [0.2, 0.25) is 5.02 Å². The van der Waals surface area contributed by atoms with Crippen LogP contribution in [-0.4, -0.2) is 6.04 Å². The molecule has 2 rings (SSSR count). The molecule has 0 radical (unpaired) electrons. The Morgan fingerprint density at radius 1 is 1.33 bits per heavy atom. The first-order valence-electron chi connectivity index (χ1n) is 5.92. The number of thiophene rings is 1. The van der Waals surface area contributed by atoms with Gasteiger partial charge in [-0.05, 0) is 43.5 Å². The van der Waals surface area contributed by atoms with Crippen molar-refractivity contribution in [3.05, 3.63) is 45.6 Å². The van der Waals surface area contributed by atoms with E-state index < -0.39 is 0 Å². The van der Waals surface area contributed by atoms with Gasteiger partial charge in [-0.25, -0.2) is 0 Å². The van der Waals surface area contributed by atoms with Crippen molar-refractivity contribution in [2.75, 3.05) is 10.6 Å². The van der Waals surface area contributed by atoms with Gasteiger partial charge in [0.1, 0.15) is 0 Å². The van der Waals surface area contributed by atoms with Crippen LogP contribution in [0.15, 0.2) is 35.7 Å². The smallest absolute Gasteiger partial charge is 0.0660 e. The van der Waals surface area contributed by atoms with E-state index in [1.165, 1.54) is 4.88 Å². The number of hydrogen-bond acceptors (Lipinski definition) is 3. The molecular weight excluding hydrogens is 264 g/mol. The van der Waals surface area contributed by atoms with E-state index in [-0.39, 0.29) is 0 Å². The number of hydrogen-bond donors (Lipinski definition) is 1. The van der Waals surface area contributed by atoms with Crippen LogP contribution in [0.25, 0.3) is 0 Å². The van der Waals surface area contributed by atoms with Crippen molar-refractivity contribution >= 4 is 34.3 Å². The molecule has 1 heterocycles. The zero-order valence-corrected chi connectivity index (χ0v) is 12.1. The Hall–Kier alpha value is -1.19. The lowest BCUT2D eigenvalue weighted by Gasteiger charge is -2.29. The maximum atomic E-state index is 6.29. The molecular formula is C14H17ClN2S. The van der Waals surface area contributed by atoms with Gasteiger partial charge in [-0.1, -0.05) is 17.7 Å². The highest BCUT2D eigenvalue weighted by atomic mass is 35.5. The maximum absolute atomic E-state index is 6.29. The molecule has 0 unspecified atom stereocenters. The fourth-order valence-electron chi connectivity index (χ4n) is 1.87. The second kappa shape index (κ2) is 5.63. The van der Waals surface area contributed by atoms with Crippen molar-refractivity contribution in [2.45, 2.75) is 26.4 Å². The van der Waals surface area contributed by atoms with Gasteiger partial charge in [-0.2, -0.15) is 0 Å². The average molecular weight is 281 g/mol. The predicted octanol–water partition coefficient (Wildman–Crippen LogP) is 4.40. The van der Waals surface area contributed by atoms with E-state index in [2.05, 4.69) is 36.3 Å². The van der Waals surface area contributed by atoms with Gasteiger partial charge in [-0.3, -0.25) is 0 Å². The highest BCUT2D eigenvalue weighted by Gasteiger charge is 2.14. The third-order valence-electron chi connectivity index (χ3n) is 2.81. The molecule has 1 aromatic heterocycles. The van der Waals surface area contributed by atoms with Gasteiger partial charge in [0.2, 0.25) is 0 Å². The van der Waals surface area contributed by atoms with E-state index in [1.54, 1.807) is 17.4 Å². The Labute approximate surface area is 117 Å². The third kappa shape index (κ3) is 2.98. The van der Waals surface area contributed by atoms with Crippen molar-refractivity contribution in [1.82, 2.24) is 0 Å². The van der Waals surface area contributed by atoms with Gasteiger partial charge in [0.15, 0.2) is 0 Å². The first-order valence-corrected chi connectivity index (χ1v) is 7.17. The molecule has 0 spiro atoms. The van der Waals surface area contributed by atoms with Crippen molar-refractivity contribution in [1.29, 1.82) is 0 Å². The highest BCUT2D eigenvalue weighted by molar-refractivity contribution is 7.09. The summed E-state index contributed by atoms with van der Waals surface area (Å²) in [6, 6.07) is 10.3. The van der Waals surface area contributed by atoms with E-state index in [0.717, 1.165) is 12.2 Å². The first-order chi connectivity index (χ1) is 8.58. The van der Waals surface area contributed by atoms with Crippen molar-refractivity contribution in [3.8, 4) is 0 Å². The second-order valence-electron chi connectivity index (χ2n) is 4.51. The summed E-state index contributed by atoms with van der Waals surface area (Å²) in [5, 5.41) is 2.80. The monoisotopic (exact) mass is 280 g/mol. The molecule has 2 aromatic rings. The zero-order chi connectivity index (χ0) is 13.1. The minimum atomic E-state index is 0.383. The Morgan fingerprint density at radius 2 is 2.11 bits per heavy atom. The Kier molecular flexibility index (Phi) is 4.15. The van der Waals surface area contributed by atoms with E-state index in [1.807, 2.05) is 12.1 Å². The Morgan fingerprint density at radius 3 is 2.67 bits per heavy atom. The summed E-state index contributed by atoms with van der Waals surface area (Å²) < 4.78 is 0. The summed E-state index contributed by atoms with van der Waals surface area (Å²) in [6.45, 7) is 5.21. The SMILES string of the molecule is CC(C)N(Cc1cccs1)c1ccc(N)cc1Cl. The normalized spacial score (nSPS) is 10.9. The van der Waals surface area contributed by atoms with Crippen molar-refractivity contribution in [3.63, 3.8) is 0 Å². The number of rotatable bonds is 4. The topological polar surface area (TPSA) is 29.3 Å². The minimum absolute atomic E-state index is 0.383. The molecule has 18 heavy (non-hydrogen) atoms. The summed E-state index contributed by atoms with van der Waals surface area (Å²) >= 11 is 8.05. The van der Waals surface area contributed by atoms with Crippen LogP contribution >= 0.6 is 22.9 Å². The molecule has 0 aliphatic rings. The van der Waals surface area contributed by atoms with Crippen molar-refractivity contribution in [2.24, 2.45) is 0 Å². The van der Waals surface area contributed by atoms with Crippen LogP contribution in [0.4, 0.5) is 11.4 Å². The Bertz CT molecular complexity index is 509.